The SMILES string of the molecule is O=C1CCCN1c1ccc(NCC[C@@H]2C[C@@H]2C2CCN(c3ncc(Cl)cn3)CC2)cn1. The summed E-state index contributed by atoms with van der Waals surface area (Å²) in [5, 5.41) is 4.08. The van der Waals surface area contributed by atoms with Crippen molar-refractivity contribution in [3.8, 4) is 0 Å². The first kappa shape index (κ1) is 20.5. The Morgan fingerprint density at radius 1 is 1.06 bits per heavy atom. The van der Waals surface area contributed by atoms with Crippen LogP contribution in [0.3, 0.4) is 0 Å². The zero-order valence-electron chi connectivity index (χ0n) is 17.7. The lowest BCUT2D eigenvalue weighted by Crippen LogP contribution is -2.35. The molecule has 2 aromatic heterocycles. The van der Waals surface area contributed by atoms with E-state index in [0.717, 1.165) is 67.8 Å². The van der Waals surface area contributed by atoms with E-state index in [1.807, 2.05) is 18.3 Å². The van der Waals surface area contributed by atoms with Gasteiger partial charge in [0.15, 0.2) is 0 Å². The van der Waals surface area contributed by atoms with Crippen LogP contribution >= 0.6 is 11.6 Å². The number of halogens is 1. The third kappa shape index (κ3) is 4.76. The average molecular weight is 441 g/mol. The molecule has 1 aliphatic carbocycles. The van der Waals surface area contributed by atoms with E-state index in [-0.39, 0.29) is 5.91 Å². The fourth-order valence-corrected chi connectivity index (χ4v) is 5.22. The van der Waals surface area contributed by atoms with Gasteiger partial charge in [0.1, 0.15) is 5.82 Å². The molecular formula is C23H29ClN6O. The highest BCUT2D eigenvalue weighted by molar-refractivity contribution is 6.30. The molecule has 2 atom stereocenters. The van der Waals surface area contributed by atoms with Gasteiger partial charge in [-0.1, -0.05) is 11.6 Å². The highest BCUT2D eigenvalue weighted by atomic mass is 35.5. The molecule has 3 aliphatic rings. The lowest BCUT2D eigenvalue weighted by Gasteiger charge is -2.32. The highest BCUT2D eigenvalue weighted by Gasteiger charge is 2.43. The number of pyridine rings is 1. The second-order valence-corrected chi connectivity index (χ2v) is 9.39. The molecule has 2 aliphatic heterocycles. The Morgan fingerprint density at radius 2 is 1.87 bits per heavy atom. The number of piperidine rings is 1. The minimum absolute atomic E-state index is 0.180. The predicted molar refractivity (Wildman–Crippen MR) is 123 cm³/mol. The van der Waals surface area contributed by atoms with Crippen LogP contribution in [0.25, 0.3) is 0 Å². The van der Waals surface area contributed by atoms with E-state index in [2.05, 4.69) is 25.2 Å². The van der Waals surface area contributed by atoms with Crippen molar-refractivity contribution >= 4 is 35.0 Å². The maximum absolute atomic E-state index is 11.8. The van der Waals surface area contributed by atoms with E-state index in [9.17, 15) is 4.79 Å². The van der Waals surface area contributed by atoms with Gasteiger partial charge < -0.3 is 10.2 Å². The van der Waals surface area contributed by atoms with Gasteiger partial charge in [0.05, 0.1) is 29.3 Å². The third-order valence-electron chi connectivity index (χ3n) is 6.95. The van der Waals surface area contributed by atoms with Crippen molar-refractivity contribution in [2.24, 2.45) is 17.8 Å². The minimum Gasteiger partial charge on any atom is -0.384 e. The van der Waals surface area contributed by atoms with Gasteiger partial charge in [-0.25, -0.2) is 15.0 Å². The van der Waals surface area contributed by atoms with Gasteiger partial charge in [0, 0.05) is 32.6 Å². The molecule has 2 saturated heterocycles. The molecule has 5 rings (SSSR count). The fourth-order valence-electron chi connectivity index (χ4n) is 5.12. The van der Waals surface area contributed by atoms with Crippen molar-refractivity contribution in [3.05, 3.63) is 35.7 Å². The monoisotopic (exact) mass is 440 g/mol. The molecule has 1 N–H and O–H groups in total. The Morgan fingerprint density at radius 3 is 2.55 bits per heavy atom. The summed E-state index contributed by atoms with van der Waals surface area (Å²) < 4.78 is 0. The molecule has 0 bridgehead atoms. The van der Waals surface area contributed by atoms with Crippen molar-refractivity contribution in [2.45, 2.75) is 38.5 Å². The van der Waals surface area contributed by atoms with Crippen molar-refractivity contribution in [1.82, 2.24) is 15.0 Å². The summed E-state index contributed by atoms with van der Waals surface area (Å²) in [6.07, 6.45) is 11.8. The molecule has 1 amide bonds. The van der Waals surface area contributed by atoms with Crippen molar-refractivity contribution in [1.29, 1.82) is 0 Å². The molecule has 0 radical (unpaired) electrons. The number of nitrogens with zero attached hydrogens (tertiary/aromatic N) is 5. The summed E-state index contributed by atoms with van der Waals surface area (Å²) >= 11 is 5.89. The lowest BCUT2D eigenvalue weighted by atomic mass is 9.90. The molecule has 1 saturated carbocycles. The van der Waals surface area contributed by atoms with Gasteiger partial charge in [-0.2, -0.15) is 0 Å². The number of hydrogen-bond donors (Lipinski definition) is 1. The second-order valence-electron chi connectivity index (χ2n) is 8.95. The van der Waals surface area contributed by atoms with E-state index in [4.69, 9.17) is 11.6 Å². The summed E-state index contributed by atoms with van der Waals surface area (Å²) in [6, 6.07) is 3.98. The van der Waals surface area contributed by atoms with Gasteiger partial charge in [-0.3, -0.25) is 9.69 Å². The van der Waals surface area contributed by atoms with Gasteiger partial charge in [-0.15, -0.1) is 0 Å². The predicted octanol–water partition coefficient (Wildman–Crippen LogP) is 4.01. The molecule has 7 nitrogen and oxygen atoms in total. The largest absolute Gasteiger partial charge is 0.384 e. The zero-order valence-corrected chi connectivity index (χ0v) is 18.5. The number of hydrogen-bond acceptors (Lipinski definition) is 6. The van der Waals surface area contributed by atoms with E-state index in [1.165, 1.54) is 25.7 Å². The summed E-state index contributed by atoms with van der Waals surface area (Å²) in [4.78, 5) is 29.1. The molecule has 31 heavy (non-hydrogen) atoms. The second kappa shape index (κ2) is 8.99. The molecule has 0 aromatic carbocycles. The van der Waals surface area contributed by atoms with Crippen LogP contribution in [0.5, 0.6) is 0 Å². The fraction of sp³-hybridized carbons (Fsp3) is 0.565. The molecular weight excluding hydrogens is 412 g/mol. The Kier molecular flexibility index (Phi) is 5.94. The molecule has 4 heterocycles. The van der Waals surface area contributed by atoms with Crippen LogP contribution in [0.4, 0.5) is 17.5 Å². The summed E-state index contributed by atoms with van der Waals surface area (Å²) in [7, 11) is 0. The lowest BCUT2D eigenvalue weighted by molar-refractivity contribution is -0.117. The van der Waals surface area contributed by atoms with Crippen LogP contribution in [0.1, 0.15) is 38.5 Å². The topological polar surface area (TPSA) is 74.2 Å². The zero-order chi connectivity index (χ0) is 21.2. The quantitative estimate of drug-likeness (QED) is 0.701. The number of anilines is 3. The highest BCUT2D eigenvalue weighted by Crippen LogP contribution is 2.49. The number of aromatic nitrogens is 3. The van der Waals surface area contributed by atoms with Crippen LogP contribution in [-0.2, 0) is 4.79 Å². The normalized spacial score (nSPS) is 24.0. The van der Waals surface area contributed by atoms with Gasteiger partial charge in [0.25, 0.3) is 0 Å². The van der Waals surface area contributed by atoms with E-state index in [0.29, 0.717) is 11.4 Å². The standard InChI is InChI=1S/C23H29ClN6O/c24-18-13-27-23(28-14-18)29-10-6-16(7-11-29)20-12-17(20)5-8-25-19-3-4-21(26-15-19)30-9-1-2-22(30)31/h3-4,13-17,20,25H,1-2,5-12H2/t17-,20-/m1/s1. The number of carbonyl (C=O) groups is 1. The maximum Gasteiger partial charge on any atom is 0.228 e. The van der Waals surface area contributed by atoms with Crippen LogP contribution in [0.2, 0.25) is 5.02 Å². The van der Waals surface area contributed by atoms with Crippen LogP contribution < -0.4 is 15.1 Å². The summed E-state index contributed by atoms with van der Waals surface area (Å²) in [5.74, 6) is 4.29. The Labute approximate surface area is 188 Å². The number of carbonyl (C=O) groups excluding carboxylic acids is 1. The first-order valence-electron chi connectivity index (χ1n) is 11.4. The number of amides is 1. The van der Waals surface area contributed by atoms with Crippen LogP contribution in [0.15, 0.2) is 30.7 Å². The number of nitrogens with one attached hydrogen (secondary N) is 1. The van der Waals surface area contributed by atoms with Crippen molar-refractivity contribution in [3.63, 3.8) is 0 Å². The Hall–Kier alpha value is -2.41. The van der Waals surface area contributed by atoms with Crippen LogP contribution in [0, 0.1) is 17.8 Å². The first-order chi connectivity index (χ1) is 15.2. The van der Waals surface area contributed by atoms with Crippen molar-refractivity contribution < 1.29 is 4.79 Å². The van der Waals surface area contributed by atoms with Crippen LogP contribution in [-0.4, -0.2) is 47.0 Å². The van der Waals surface area contributed by atoms with E-state index >= 15 is 0 Å². The van der Waals surface area contributed by atoms with E-state index in [1.54, 1.807) is 17.3 Å². The molecule has 164 valence electrons. The molecule has 0 spiro atoms. The Balaban J connectivity index is 1.02. The van der Waals surface area contributed by atoms with E-state index < -0.39 is 0 Å². The Bertz CT molecular complexity index is 897. The smallest absolute Gasteiger partial charge is 0.228 e. The summed E-state index contributed by atoms with van der Waals surface area (Å²) in [6.45, 7) is 3.83. The summed E-state index contributed by atoms with van der Waals surface area (Å²) in [5.41, 5.74) is 1.03. The third-order valence-corrected chi connectivity index (χ3v) is 7.15. The van der Waals surface area contributed by atoms with Gasteiger partial charge in [0.2, 0.25) is 11.9 Å². The molecule has 8 heteroatoms. The van der Waals surface area contributed by atoms with Gasteiger partial charge in [-0.05, 0) is 62.0 Å². The first-order valence-corrected chi connectivity index (χ1v) is 11.8. The average Bonchev–Trinajstić information content (AvgIpc) is 3.45. The number of rotatable bonds is 7. The molecule has 2 aromatic rings. The van der Waals surface area contributed by atoms with Crippen molar-refractivity contribution in [2.75, 3.05) is 41.3 Å². The van der Waals surface area contributed by atoms with Gasteiger partial charge >= 0.3 is 0 Å². The molecule has 0 unspecified atom stereocenters. The maximum atomic E-state index is 11.8. The molecule has 3 fully saturated rings. The minimum atomic E-state index is 0.180.